The summed E-state index contributed by atoms with van der Waals surface area (Å²) in [4.78, 5) is 15.8. The first kappa shape index (κ1) is 13.1. The summed E-state index contributed by atoms with van der Waals surface area (Å²) < 4.78 is 0. The molecule has 0 N–H and O–H groups in total. The molecule has 5 nitrogen and oxygen atoms in total. The largest absolute Gasteiger partial charge is 0.340 e. The molecule has 1 aliphatic heterocycles. The van der Waals surface area contributed by atoms with Crippen LogP contribution in [0.4, 0.5) is 0 Å². The SMILES string of the molecule is O=C(Cc1ccccc1Cl)N1CCC(n2nccn2)C1. The number of benzene rings is 1. The summed E-state index contributed by atoms with van der Waals surface area (Å²) >= 11 is 6.09. The van der Waals surface area contributed by atoms with Gasteiger partial charge in [-0.05, 0) is 18.1 Å². The van der Waals surface area contributed by atoms with Gasteiger partial charge in [0.05, 0.1) is 24.9 Å². The third-order valence-corrected chi connectivity index (χ3v) is 3.95. The van der Waals surface area contributed by atoms with E-state index in [0.29, 0.717) is 18.0 Å². The fraction of sp³-hybridized carbons (Fsp3) is 0.357. The Kier molecular flexibility index (Phi) is 3.69. The normalized spacial score (nSPS) is 18.4. The molecule has 2 aromatic rings. The van der Waals surface area contributed by atoms with E-state index in [1.165, 1.54) is 0 Å². The molecule has 6 heteroatoms. The fourth-order valence-corrected chi connectivity index (χ4v) is 2.69. The van der Waals surface area contributed by atoms with Crippen molar-refractivity contribution in [1.82, 2.24) is 19.9 Å². The fourth-order valence-electron chi connectivity index (χ4n) is 2.49. The molecule has 1 amide bonds. The van der Waals surface area contributed by atoms with Gasteiger partial charge in [-0.25, -0.2) is 0 Å². The van der Waals surface area contributed by atoms with E-state index >= 15 is 0 Å². The van der Waals surface area contributed by atoms with E-state index in [1.807, 2.05) is 29.2 Å². The van der Waals surface area contributed by atoms with Crippen LogP contribution in [0.2, 0.25) is 5.02 Å². The molecule has 1 atom stereocenters. The predicted molar refractivity (Wildman–Crippen MR) is 75.4 cm³/mol. The lowest BCUT2D eigenvalue weighted by atomic mass is 10.1. The standard InChI is InChI=1S/C14H15ClN4O/c15-13-4-2-1-3-11(13)9-14(20)18-8-5-12(10-18)19-16-6-7-17-19/h1-4,6-7,12H,5,8-10H2. The molecule has 1 aliphatic rings. The first-order chi connectivity index (χ1) is 9.74. The molecule has 1 saturated heterocycles. The lowest BCUT2D eigenvalue weighted by molar-refractivity contribution is -0.129. The maximum atomic E-state index is 12.3. The number of nitrogens with zero attached hydrogens (tertiary/aromatic N) is 4. The Bertz CT molecular complexity index is 599. The van der Waals surface area contributed by atoms with Crippen molar-refractivity contribution < 1.29 is 4.79 Å². The molecule has 0 aliphatic carbocycles. The number of halogens is 1. The van der Waals surface area contributed by atoms with Crippen LogP contribution in [0.5, 0.6) is 0 Å². The highest BCUT2D eigenvalue weighted by Gasteiger charge is 2.28. The highest BCUT2D eigenvalue weighted by atomic mass is 35.5. The van der Waals surface area contributed by atoms with Gasteiger partial charge in [0.25, 0.3) is 0 Å². The Labute approximate surface area is 122 Å². The van der Waals surface area contributed by atoms with Crippen molar-refractivity contribution >= 4 is 17.5 Å². The van der Waals surface area contributed by atoms with Crippen LogP contribution in [0.3, 0.4) is 0 Å². The summed E-state index contributed by atoms with van der Waals surface area (Å²) in [6, 6.07) is 7.65. The van der Waals surface area contributed by atoms with Gasteiger partial charge in [-0.3, -0.25) is 4.79 Å². The topological polar surface area (TPSA) is 51.0 Å². The average Bonchev–Trinajstić information content (AvgIpc) is 3.11. The number of amides is 1. The first-order valence-electron chi connectivity index (χ1n) is 6.61. The van der Waals surface area contributed by atoms with Gasteiger partial charge >= 0.3 is 0 Å². The van der Waals surface area contributed by atoms with Crippen LogP contribution in [-0.4, -0.2) is 38.9 Å². The zero-order chi connectivity index (χ0) is 13.9. The molecule has 0 radical (unpaired) electrons. The van der Waals surface area contributed by atoms with E-state index < -0.39 is 0 Å². The summed E-state index contributed by atoms with van der Waals surface area (Å²) in [6.45, 7) is 1.41. The maximum Gasteiger partial charge on any atom is 0.227 e. The second-order valence-corrected chi connectivity index (χ2v) is 5.31. The summed E-state index contributed by atoms with van der Waals surface area (Å²) in [6.07, 6.45) is 4.56. The molecular formula is C14H15ClN4O. The number of hydrogen-bond acceptors (Lipinski definition) is 3. The summed E-state index contributed by atoms with van der Waals surface area (Å²) in [5, 5.41) is 8.92. The third kappa shape index (κ3) is 2.67. The Balaban J connectivity index is 1.63. The molecule has 3 rings (SSSR count). The van der Waals surface area contributed by atoms with Crippen LogP contribution in [-0.2, 0) is 11.2 Å². The molecule has 0 bridgehead atoms. The molecular weight excluding hydrogens is 276 g/mol. The maximum absolute atomic E-state index is 12.3. The van der Waals surface area contributed by atoms with Gasteiger partial charge in [-0.2, -0.15) is 15.0 Å². The Morgan fingerprint density at radius 1 is 1.30 bits per heavy atom. The first-order valence-corrected chi connectivity index (χ1v) is 6.99. The second-order valence-electron chi connectivity index (χ2n) is 4.90. The van der Waals surface area contributed by atoms with Gasteiger partial charge in [-0.15, -0.1) is 0 Å². The van der Waals surface area contributed by atoms with Crippen molar-refractivity contribution in [2.75, 3.05) is 13.1 Å². The van der Waals surface area contributed by atoms with Crippen molar-refractivity contribution in [2.45, 2.75) is 18.9 Å². The summed E-state index contributed by atoms with van der Waals surface area (Å²) in [5.74, 6) is 0.104. The Hall–Kier alpha value is -1.88. The van der Waals surface area contributed by atoms with Crippen LogP contribution < -0.4 is 0 Å². The van der Waals surface area contributed by atoms with Gasteiger partial charge in [-0.1, -0.05) is 29.8 Å². The average molecular weight is 291 g/mol. The molecule has 0 spiro atoms. The zero-order valence-electron chi connectivity index (χ0n) is 10.9. The molecule has 1 aromatic carbocycles. The van der Waals surface area contributed by atoms with Gasteiger partial charge in [0.2, 0.25) is 5.91 Å². The monoisotopic (exact) mass is 290 g/mol. The third-order valence-electron chi connectivity index (χ3n) is 3.58. The number of hydrogen-bond donors (Lipinski definition) is 0. The number of carbonyl (C=O) groups excluding carboxylic acids is 1. The van der Waals surface area contributed by atoms with Crippen LogP contribution in [0.1, 0.15) is 18.0 Å². The Morgan fingerprint density at radius 2 is 2.05 bits per heavy atom. The van der Waals surface area contributed by atoms with Crippen molar-refractivity contribution in [1.29, 1.82) is 0 Å². The van der Waals surface area contributed by atoms with E-state index in [-0.39, 0.29) is 11.9 Å². The molecule has 1 aromatic heterocycles. The van der Waals surface area contributed by atoms with E-state index in [1.54, 1.807) is 17.2 Å². The number of likely N-dealkylation sites (tertiary alicyclic amines) is 1. The number of carbonyl (C=O) groups is 1. The van der Waals surface area contributed by atoms with Gasteiger partial charge in [0.15, 0.2) is 0 Å². The van der Waals surface area contributed by atoms with Crippen molar-refractivity contribution in [3.05, 3.63) is 47.2 Å². The molecule has 1 unspecified atom stereocenters. The Morgan fingerprint density at radius 3 is 2.80 bits per heavy atom. The van der Waals surface area contributed by atoms with Crippen LogP contribution in [0.15, 0.2) is 36.7 Å². The minimum atomic E-state index is 0.104. The molecule has 1 fully saturated rings. The molecule has 0 saturated carbocycles. The van der Waals surface area contributed by atoms with Crippen LogP contribution in [0.25, 0.3) is 0 Å². The molecule has 20 heavy (non-hydrogen) atoms. The van der Waals surface area contributed by atoms with Crippen molar-refractivity contribution in [2.24, 2.45) is 0 Å². The van der Waals surface area contributed by atoms with Gasteiger partial charge in [0, 0.05) is 18.1 Å². The predicted octanol–water partition coefficient (Wildman–Crippen LogP) is 1.95. The minimum absolute atomic E-state index is 0.104. The smallest absolute Gasteiger partial charge is 0.227 e. The second kappa shape index (κ2) is 5.63. The molecule has 104 valence electrons. The lowest BCUT2D eigenvalue weighted by Gasteiger charge is -2.16. The summed E-state index contributed by atoms with van der Waals surface area (Å²) in [5.41, 5.74) is 0.875. The van der Waals surface area contributed by atoms with Crippen LogP contribution in [0, 0.1) is 0 Å². The van der Waals surface area contributed by atoms with E-state index in [2.05, 4.69) is 10.2 Å². The highest BCUT2D eigenvalue weighted by molar-refractivity contribution is 6.31. The number of rotatable bonds is 3. The minimum Gasteiger partial charge on any atom is -0.340 e. The quantitative estimate of drug-likeness (QED) is 0.868. The highest BCUT2D eigenvalue weighted by Crippen LogP contribution is 2.22. The van der Waals surface area contributed by atoms with Gasteiger partial charge in [0.1, 0.15) is 0 Å². The van der Waals surface area contributed by atoms with Crippen molar-refractivity contribution in [3.63, 3.8) is 0 Å². The van der Waals surface area contributed by atoms with E-state index in [0.717, 1.165) is 18.5 Å². The van der Waals surface area contributed by atoms with Crippen LogP contribution >= 0.6 is 11.6 Å². The lowest BCUT2D eigenvalue weighted by Crippen LogP contribution is -2.30. The molecule has 2 heterocycles. The van der Waals surface area contributed by atoms with Crippen molar-refractivity contribution in [3.8, 4) is 0 Å². The van der Waals surface area contributed by atoms with Gasteiger partial charge < -0.3 is 4.90 Å². The number of aromatic nitrogens is 3. The zero-order valence-corrected chi connectivity index (χ0v) is 11.7. The van der Waals surface area contributed by atoms with E-state index in [9.17, 15) is 4.79 Å². The summed E-state index contributed by atoms with van der Waals surface area (Å²) in [7, 11) is 0. The van der Waals surface area contributed by atoms with E-state index in [4.69, 9.17) is 11.6 Å².